The number of amides is 1. The molecular formula is C16H15F2NO2. The standard InChI is InChI=1S/C16H15F2NO2/c17-13-7-6-12(10-14(13)18)16(21)19-9-8-15(20)11-4-2-1-3-5-11/h1-7,10,15,20H,8-9H2,(H,19,21)/t15-/m0/s1. The quantitative estimate of drug-likeness (QED) is 0.890. The minimum atomic E-state index is -1.06. The van der Waals surface area contributed by atoms with Crippen LogP contribution < -0.4 is 5.32 Å². The van der Waals surface area contributed by atoms with Gasteiger partial charge in [-0.1, -0.05) is 30.3 Å². The number of hydrogen-bond donors (Lipinski definition) is 2. The highest BCUT2D eigenvalue weighted by molar-refractivity contribution is 5.94. The van der Waals surface area contributed by atoms with Gasteiger partial charge in [0.25, 0.3) is 5.91 Å². The molecule has 3 nitrogen and oxygen atoms in total. The van der Waals surface area contributed by atoms with Crippen molar-refractivity contribution in [2.45, 2.75) is 12.5 Å². The highest BCUT2D eigenvalue weighted by Crippen LogP contribution is 2.15. The first-order chi connectivity index (χ1) is 10.1. The molecule has 2 N–H and O–H groups in total. The fourth-order valence-corrected chi connectivity index (χ4v) is 1.90. The number of aliphatic hydroxyl groups is 1. The molecule has 2 aromatic rings. The van der Waals surface area contributed by atoms with Gasteiger partial charge in [0.15, 0.2) is 11.6 Å². The van der Waals surface area contributed by atoms with Crippen molar-refractivity contribution in [1.82, 2.24) is 5.32 Å². The zero-order valence-electron chi connectivity index (χ0n) is 11.2. The van der Waals surface area contributed by atoms with Crippen LogP contribution in [0.2, 0.25) is 0 Å². The molecule has 0 saturated heterocycles. The number of carbonyl (C=O) groups is 1. The molecule has 0 aliphatic heterocycles. The number of benzene rings is 2. The third kappa shape index (κ3) is 4.10. The zero-order chi connectivity index (χ0) is 15.2. The van der Waals surface area contributed by atoms with E-state index in [1.807, 2.05) is 18.2 Å². The Morgan fingerprint density at radius 2 is 1.81 bits per heavy atom. The van der Waals surface area contributed by atoms with Gasteiger partial charge in [0, 0.05) is 12.1 Å². The van der Waals surface area contributed by atoms with Gasteiger partial charge in [0.2, 0.25) is 0 Å². The summed E-state index contributed by atoms with van der Waals surface area (Å²) in [7, 11) is 0. The Morgan fingerprint density at radius 1 is 1.10 bits per heavy atom. The second-order valence-electron chi connectivity index (χ2n) is 4.60. The fraction of sp³-hybridized carbons (Fsp3) is 0.188. The molecule has 1 amide bonds. The maximum atomic E-state index is 13.0. The summed E-state index contributed by atoms with van der Waals surface area (Å²) in [6.07, 6.45) is -0.351. The molecule has 0 aromatic heterocycles. The molecule has 21 heavy (non-hydrogen) atoms. The van der Waals surface area contributed by atoms with Gasteiger partial charge < -0.3 is 10.4 Å². The van der Waals surface area contributed by atoms with Crippen LogP contribution in [0.5, 0.6) is 0 Å². The Hall–Kier alpha value is -2.27. The molecule has 1 atom stereocenters. The van der Waals surface area contributed by atoms with Crippen LogP contribution in [0.15, 0.2) is 48.5 Å². The van der Waals surface area contributed by atoms with Gasteiger partial charge in [-0.05, 0) is 30.2 Å². The molecule has 0 unspecified atom stereocenters. The number of hydrogen-bond acceptors (Lipinski definition) is 2. The highest BCUT2D eigenvalue weighted by Gasteiger charge is 2.11. The molecular weight excluding hydrogens is 276 g/mol. The number of aliphatic hydroxyl groups excluding tert-OH is 1. The lowest BCUT2D eigenvalue weighted by molar-refractivity contribution is 0.0942. The normalized spacial score (nSPS) is 12.0. The molecule has 110 valence electrons. The van der Waals surface area contributed by atoms with Crippen LogP contribution in [-0.2, 0) is 0 Å². The largest absolute Gasteiger partial charge is 0.388 e. The maximum absolute atomic E-state index is 13.0. The molecule has 0 aliphatic rings. The van der Waals surface area contributed by atoms with Crippen LogP contribution in [0.4, 0.5) is 8.78 Å². The first-order valence-corrected chi connectivity index (χ1v) is 6.54. The molecule has 0 bridgehead atoms. The van der Waals surface area contributed by atoms with E-state index in [1.54, 1.807) is 12.1 Å². The molecule has 0 radical (unpaired) electrons. The SMILES string of the molecule is O=C(NCC[C@H](O)c1ccccc1)c1ccc(F)c(F)c1. The van der Waals surface area contributed by atoms with Gasteiger partial charge in [-0.25, -0.2) is 8.78 Å². The van der Waals surface area contributed by atoms with Crippen molar-refractivity contribution < 1.29 is 18.7 Å². The topological polar surface area (TPSA) is 49.3 Å². The monoisotopic (exact) mass is 291 g/mol. The molecule has 0 fully saturated rings. The second-order valence-corrected chi connectivity index (χ2v) is 4.60. The average Bonchev–Trinajstić information content (AvgIpc) is 2.50. The summed E-state index contributed by atoms with van der Waals surface area (Å²) in [5.41, 5.74) is 0.808. The second kappa shape index (κ2) is 6.95. The van der Waals surface area contributed by atoms with E-state index in [-0.39, 0.29) is 12.1 Å². The number of nitrogens with one attached hydrogen (secondary N) is 1. The van der Waals surface area contributed by atoms with Gasteiger partial charge in [0.1, 0.15) is 0 Å². The van der Waals surface area contributed by atoms with Gasteiger partial charge >= 0.3 is 0 Å². The highest BCUT2D eigenvalue weighted by atomic mass is 19.2. The molecule has 0 aliphatic carbocycles. The summed E-state index contributed by atoms with van der Waals surface area (Å²) < 4.78 is 25.8. The van der Waals surface area contributed by atoms with E-state index in [4.69, 9.17) is 0 Å². The summed E-state index contributed by atoms with van der Waals surface area (Å²) in [5, 5.41) is 12.5. The van der Waals surface area contributed by atoms with Crippen molar-refractivity contribution in [1.29, 1.82) is 0 Å². The summed E-state index contributed by atoms with van der Waals surface area (Å²) >= 11 is 0. The van der Waals surface area contributed by atoms with Crippen molar-refractivity contribution in [2.75, 3.05) is 6.54 Å². The van der Waals surface area contributed by atoms with E-state index < -0.39 is 23.6 Å². The number of rotatable bonds is 5. The Labute approximate surface area is 121 Å². The van der Waals surface area contributed by atoms with E-state index in [1.165, 1.54) is 6.07 Å². The third-order valence-electron chi connectivity index (χ3n) is 3.07. The van der Waals surface area contributed by atoms with Crippen LogP contribution in [0.3, 0.4) is 0 Å². The van der Waals surface area contributed by atoms with E-state index in [9.17, 15) is 18.7 Å². The van der Waals surface area contributed by atoms with Gasteiger partial charge in [0.05, 0.1) is 6.10 Å². The van der Waals surface area contributed by atoms with E-state index in [0.717, 1.165) is 17.7 Å². The maximum Gasteiger partial charge on any atom is 0.251 e. The Bertz CT molecular complexity index is 617. The van der Waals surface area contributed by atoms with E-state index in [2.05, 4.69) is 5.32 Å². The Morgan fingerprint density at radius 3 is 2.48 bits per heavy atom. The first-order valence-electron chi connectivity index (χ1n) is 6.54. The average molecular weight is 291 g/mol. The number of carbonyl (C=O) groups excluding carboxylic acids is 1. The van der Waals surface area contributed by atoms with Gasteiger partial charge in [-0.3, -0.25) is 4.79 Å². The van der Waals surface area contributed by atoms with Crippen LogP contribution >= 0.6 is 0 Å². The van der Waals surface area contributed by atoms with E-state index in [0.29, 0.717) is 6.42 Å². The predicted molar refractivity (Wildman–Crippen MR) is 74.7 cm³/mol. The van der Waals surface area contributed by atoms with Crippen molar-refractivity contribution in [3.05, 3.63) is 71.3 Å². The lowest BCUT2D eigenvalue weighted by atomic mass is 10.1. The summed E-state index contributed by atoms with van der Waals surface area (Å²) in [6, 6.07) is 12.0. The van der Waals surface area contributed by atoms with E-state index >= 15 is 0 Å². The first kappa shape index (κ1) is 15.1. The van der Waals surface area contributed by atoms with Crippen LogP contribution in [0.1, 0.15) is 28.4 Å². The van der Waals surface area contributed by atoms with Gasteiger partial charge in [-0.15, -0.1) is 0 Å². The predicted octanol–water partition coefficient (Wildman–Crippen LogP) is 2.82. The van der Waals surface area contributed by atoms with Gasteiger partial charge in [-0.2, -0.15) is 0 Å². The fourth-order valence-electron chi connectivity index (χ4n) is 1.90. The smallest absolute Gasteiger partial charge is 0.251 e. The summed E-state index contributed by atoms with van der Waals surface area (Å²) in [4.78, 5) is 11.7. The van der Waals surface area contributed by atoms with Crippen LogP contribution in [0.25, 0.3) is 0 Å². The Balaban J connectivity index is 1.85. The van der Waals surface area contributed by atoms with Crippen molar-refractivity contribution >= 4 is 5.91 Å². The summed E-state index contributed by atoms with van der Waals surface area (Å²) in [6.45, 7) is 0.230. The molecule has 0 saturated carbocycles. The van der Waals surface area contributed by atoms with Crippen molar-refractivity contribution in [3.63, 3.8) is 0 Å². The molecule has 2 rings (SSSR count). The molecule has 5 heteroatoms. The summed E-state index contributed by atoms with van der Waals surface area (Å²) in [5.74, 6) is -2.56. The third-order valence-corrected chi connectivity index (χ3v) is 3.07. The lowest BCUT2D eigenvalue weighted by Crippen LogP contribution is -2.25. The van der Waals surface area contributed by atoms with Crippen molar-refractivity contribution in [3.8, 4) is 0 Å². The minimum absolute atomic E-state index is 0.0445. The van der Waals surface area contributed by atoms with Crippen molar-refractivity contribution in [2.24, 2.45) is 0 Å². The van der Waals surface area contributed by atoms with Crippen LogP contribution in [0, 0.1) is 11.6 Å². The molecule has 0 heterocycles. The molecule has 2 aromatic carbocycles. The molecule has 0 spiro atoms. The lowest BCUT2D eigenvalue weighted by Gasteiger charge is -2.11. The number of halogens is 2. The Kier molecular flexibility index (Phi) is 5.00. The van der Waals surface area contributed by atoms with Crippen LogP contribution in [-0.4, -0.2) is 17.6 Å². The zero-order valence-corrected chi connectivity index (χ0v) is 11.2. The minimum Gasteiger partial charge on any atom is -0.388 e.